The zero-order valence-electron chi connectivity index (χ0n) is 23.5. The maximum Gasteiger partial charge on any atom is 0.490 e. The van der Waals surface area contributed by atoms with Gasteiger partial charge in [-0.25, -0.2) is 24.2 Å². The van der Waals surface area contributed by atoms with Crippen LogP contribution in [-0.4, -0.2) is 73.6 Å². The van der Waals surface area contributed by atoms with E-state index in [1.54, 1.807) is 33.9 Å². The summed E-state index contributed by atoms with van der Waals surface area (Å²) in [5, 5.41) is 17.5. The van der Waals surface area contributed by atoms with Crippen LogP contribution in [0.15, 0.2) is 6.20 Å². The number of rotatable bonds is 8. The summed E-state index contributed by atoms with van der Waals surface area (Å²) in [5.41, 5.74) is 2.24. The fraction of sp³-hybridized carbons (Fsp3) is 0.542. The number of hydrogen-bond acceptors (Lipinski definition) is 8. The zero-order chi connectivity index (χ0) is 33.1. The van der Waals surface area contributed by atoms with Gasteiger partial charge in [0.15, 0.2) is 0 Å². The second kappa shape index (κ2) is 15.8. The number of nitrogens with zero attached hydrogens (tertiary/aromatic N) is 1. The minimum absolute atomic E-state index is 0.257. The largest absolute Gasteiger partial charge is 0.490 e. The van der Waals surface area contributed by atoms with Crippen molar-refractivity contribution in [3.63, 3.8) is 0 Å². The van der Waals surface area contributed by atoms with Gasteiger partial charge < -0.3 is 35.0 Å². The molecule has 2 heterocycles. The van der Waals surface area contributed by atoms with E-state index >= 15 is 0 Å². The molecule has 0 unspecified atom stereocenters. The molecular weight excluding hydrogens is 586 g/mol. The molecule has 5 N–H and O–H groups in total. The van der Waals surface area contributed by atoms with Gasteiger partial charge in [0.05, 0.1) is 18.7 Å². The van der Waals surface area contributed by atoms with E-state index in [4.69, 9.17) is 29.3 Å². The number of aromatic nitrogens is 3. The standard InChI is InChI=1S/C20H30N4O4.2C2HF3O2/c1-7-13-16(18(25)27-8-2)14(10-21-11-15-22-9-12(3)23-15)24-17(13)19(26)28-20(4,5)6;2*3-2(4,5)1(6)7/h9,21,24H,7-8,10-11H2,1-6H3,(H,22,23);2*(H,6,7). The lowest BCUT2D eigenvalue weighted by atomic mass is 10.1. The number of aliphatic carboxylic acids is 2. The normalized spacial score (nSPS) is 11.4. The van der Waals surface area contributed by atoms with Crippen LogP contribution < -0.4 is 5.32 Å². The van der Waals surface area contributed by atoms with Gasteiger partial charge in [0, 0.05) is 24.1 Å². The van der Waals surface area contributed by atoms with Gasteiger partial charge >= 0.3 is 36.2 Å². The van der Waals surface area contributed by atoms with Crippen LogP contribution in [0.2, 0.25) is 0 Å². The Labute approximate surface area is 235 Å². The number of halogens is 6. The predicted octanol–water partition coefficient (Wildman–Crippen LogP) is 4.30. The molecule has 0 aromatic carbocycles. The van der Waals surface area contributed by atoms with Crippen LogP contribution in [0, 0.1) is 6.92 Å². The molecule has 0 atom stereocenters. The first-order chi connectivity index (χ1) is 19.0. The second-order valence-corrected chi connectivity index (χ2v) is 9.13. The molecule has 238 valence electrons. The highest BCUT2D eigenvalue weighted by Crippen LogP contribution is 2.24. The van der Waals surface area contributed by atoms with Crippen LogP contribution in [0.5, 0.6) is 0 Å². The molecule has 0 aliphatic heterocycles. The third-order valence-corrected chi connectivity index (χ3v) is 4.45. The van der Waals surface area contributed by atoms with Crippen molar-refractivity contribution in [2.45, 2.75) is 79.0 Å². The van der Waals surface area contributed by atoms with Crippen LogP contribution in [0.25, 0.3) is 0 Å². The minimum atomic E-state index is -5.08. The molecule has 18 heteroatoms. The summed E-state index contributed by atoms with van der Waals surface area (Å²) >= 11 is 0. The van der Waals surface area contributed by atoms with Gasteiger partial charge in [-0.15, -0.1) is 0 Å². The number of ether oxygens (including phenoxy) is 2. The van der Waals surface area contributed by atoms with Gasteiger partial charge in [0.25, 0.3) is 0 Å². The van der Waals surface area contributed by atoms with E-state index in [1.165, 1.54) is 0 Å². The summed E-state index contributed by atoms with van der Waals surface area (Å²) in [6.45, 7) is 12.1. The van der Waals surface area contributed by atoms with Crippen LogP contribution in [0.1, 0.15) is 78.2 Å². The highest BCUT2D eigenvalue weighted by molar-refractivity contribution is 5.99. The van der Waals surface area contributed by atoms with Gasteiger partial charge in [-0.3, -0.25) is 0 Å². The van der Waals surface area contributed by atoms with E-state index in [0.717, 1.165) is 11.5 Å². The van der Waals surface area contributed by atoms with Gasteiger partial charge in [-0.2, -0.15) is 26.3 Å². The zero-order valence-corrected chi connectivity index (χ0v) is 23.5. The third kappa shape index (κ3) is 13.5. The van der Waals surface area contributed by atoms with Crippen molar-refractivity contribution >= 4 is 23.9 Å². The molecule has 0 saturated carbocycles. The molecule has 0 radical (unpaired) electrons. The molecule has 0 amide bonds. The number of carboxylic acids is 2. The molecule has 0 bridgehead atoms. The van der Waals surface area contributed by atoms with Crippen molar-refractivity contribution in [3.8, 4) is 0 Å². The number of carbonyl (C=O) groups is 4. The van der Waals surface area contributed by atoms with Gasteiger partial charge in [0.2, 0.25) is 0 Å². The lowest BCUT2D eigenvalue weighted by molar-refractivity contribution is -0.193. The molecule has 12 nitrogen and oxygen atoms in total. The molecule has 42 heavy (non-hydrogen) atoms. The van der Waals surface area contributed by atoms with E-state index in [9.17, 15) is 35.9 Å². The number of alkyl halides is 6. The van der Waals surface area contributed by atoms with Crippen LogP contribution in [0.4, 0.5) is 26.3 Å². The predicted molar refractivity (Wildman–Crippen MR) is 133 cm³/mol. The molecule has 0 spiro atoms. The number of carbonyl (C=O) groups excluding carboxylic acids is 2. The Morgan fingerprint density at radius 2 is 1.40 bits per heavy atom. The number of carboxylic acid groups (broad SMARTS) is 2. The van der Waals surface area contributed by atoms with Gasteiger partial charge in [-0.1, -0.05) is 6.92 Å². The maximum absolute atomic E-state index is 12.6. The van der Waals surface area contributed by atoms with Crippen molar-refractivity contribution in [2.24, 2.45) is 0 Å². The molecule has 0 aliphatic rings. The van der Waals surface area contributed by atoms with E-state index in [2.05, 4.69) is 20.3 Å². The Hall–Kier alpha value is -4.09. The second-order valence-electron chi connectivity index (χ2n) is 9.13. The third-order valence-electron chi connectivity index (χ3n) is 4.45. The molecule has 2 aromatic rings. The fourth-order valence-corrected chi connectivity index (χ4v) is 2.90. The van der Waals surface area contributed by atoms with Crippen molar-refractivity contribution in [1.29, 1.82) is 0 Å². The summed E-state index contributed by atoms with van der Waals surface area (Å²) < 4.78 is 74.2. The molecule has 0 saturated heterocycles. The van der Waals surface area contributed by atoms with E-state index in [1.807, 2.05) is 13.8 Å². The monoisotopic (exact) mass is 618 g/mol. The first-order valence-corrected chi connectivity index (χ1v) is 12.0. The number of hydrogen-bond donors (Lipinski definition) is 5. The van der Waals surface area contributed by atoms with Crippen molar-refractivity contribution in [1.82, 2.24) is 20.3 Å². The minimum Gasteiger partial charge on any atom is -0.475 e. The number of nitrogens with one attached hydrogen (secondary N) is 3. The highest BCUT2D eigenvalue weighted by Gasteiger charge is 2.39. The van der Waals surface area contributed by atoms with Gasteiger partial charge in [0.1, 0.15) is 17.1 Å². The SMILES string of the molecule is CCOC(=O)c1c(CNCc2ncc(C)[nH]2)[nH]c(C(=O)OC(C)(C)C)c1CC.O=C(O)C(F)(F)F.O=C(O)C(F)(F)F. The van der Waals surface area contributed by atoms with Crippen LogP contribution >= 0.6 is 0 Å². The lowest BCUT2D eigenvalue weighted by Crippen LogP contribution is -2.24. The fourth-order valence-electron chi connectivity index (χ4n) is 2.90. The van der Waals surface area contributed by atoms with Crippen LogP contribution in [0.3, 0.4) is 0 Å². The van der Waals surface area contributed by atoms with E-state index in [-0.39, 0.29) is 6.61 Å². The molecule has 0 fully saturated rings. The molecule has 0 aliphatic carbocycles. The smallest absolute Gasteiger partial charge is 0.475 e. The Bertz CT molecular complexity index is 1190. The average molecular weight is 619 g/mol. The Morgan fingerprint density at radius 3 is 1.76 bits per heavy atom. The van der Waals surface area contributed by atoms with Crippen molar-refractivity contribution < 1.29 is 65.2 Å². The summed E-state index contributed by atoms with van der Waals surface area (Å²) in [7, 11) is 0. The van der Waals surface area contributed by atoms with Crippen LogP contribution in [-0.2, 0) is 38.6 Å². The summed E-state index contributed by atoms with van der Waals surface area (Å²) in [5.74, 6) is -5.65. The first-order valence-electron chi connectivity index (χ1n) is 12.0. The quantitative estimate of drug-likeness (QED) is 0.211. The Kier molecular flexibility index (Phi) is 14.2. The number of aryl methyl sites for hydroxylation is 1. The molecule has 2 aromatic heterocycles. The summed E-state index contributed by atoms with van der Waals surface area (Å²) in [6.07, 6.45) is -7.91. The highest BCUT2D eigenvalue weighted by atomic mass is 19.4. The summed E-state index contributed by atoms with van der Waals surface area (Å²) in [4.78, 5) is 53.5. The molecular formula is C24H32F6N4O8. The Balaban J connectivity index is 0.000000990. The number of esters is 2. The van der Waals surface area contributed by atoms with Crippen molar-refractivity contribution in [3.05, 3.63) is 40.2 Å². The number of imidazole rings is 1. The van der Waals surface area contributed by atoms with Crippen molar-refractivity contribution in [2.75, 3.05) is 6.61 Å². The van der Waals surface area contributed by atoms with Gasteiger partial charge in [-0.05, 0) is 46.6 Å². The van der Waals surface area contributed by atoms with E-state index in [0.29, 0.717) is 42.0 Å². The topological polar surface area (TPSA) is 184 Å². The average Bonchev–Trinajstić information content (AvgIpc) is 3.40. The first kappa shape index (κ1) is 37.9. The summed E-state index contributed by atoms with van der Waals surface area (Å²) in [6, 6.07) is 0. The number of H-pyrrole nitrogens is 2. The maximum atomic E-state index is 12.6. The number of aromatic amines is 2. The van der Waals surface area contributed by atoms with E-state index < -0.39 is 41.8 Å². The Morgan fingerprint density at radius 1 is 0.905 bits per heavy atom. The molecule has 2 rings (SSSR count). The lowest BCUT2D eigenvalue weighted by Gasteiger charge is -2.19.